The number of unbranched alkanes of at least 4 members (excludes halogenated alkanes) is 13. The van der Waals surface area contributed by atoms with Crippen LogP contribution in [0.3, 0.4) is 0 Å². The van der Waals surface area contributed by atoms with Gasteiger partial charge in [0.25, 0.3) is 0 Å². The van der Waals surface area contributed by atoms with Gasteiger partial charge >= 0.3 is 49.3 Å². The fourth-order valence-electron chi connectivity index (χ4n) is 14.5. The first-order valence-electron chi connectivity index (χ1n) is 47.0. The number of nitrogens with one attached hydrogen (secondary N) is 1. The molecule has 734 valence electrons. The highest BCUT2D eigenvalue weighted by atomic mass is 31.2. The molecule has 0 saturated heterocycles. The maximum atomic E-state index is 17.3. The zero-order valence-corrected chi connectivity index (χ0v) is 81.4. The summed E-state index contributed by atoms with van der Waals surface area (Å²) in [6, 6.07) is 88.2. The Morgan fingerprint density at radius 3 is 0.876 bits per heavy atom. The van der Waals surface area contributed by atoms with Gasteiger partial charge in [-0.05, 0) is 101 Å². The number of ether oxygens (including phenoxy) is 7. The monoisotopic (exact) mass is 1960 g/mol. The van der Waals surface area contributed by atoms with Crippen molar-refractivity contribution in [2.45, 2.75) is 231 Å². The third kappa shape index (κ3) is 41.8. The SMILES string of the molecule is CCCCCCCC/C=C/CCCCCCCC(=O)O[C@@H](COC(=O)CCCCCNC(=O)OCc1ccccc1)COP(=O)(OCc1ccccc1)OC1[C@H](OCOCc2ccccc2)[C@H](OP(=O)(OCc2ccccc2)OCc2ccccc2)C(OP(=O)(OCc2ccccc2)OCc2ccccc2)[C@H](OP(=O)(OCc2ccccc2)OCc2ccccc2)[C@H]1OCOCc1ccccc1. The molecule has 1 aliphatic carbocycles. The van der Waals surface area contributed by atoms with E-state index in [1.165, 1.54) is 38.5 Å². The predicted molar refractivity (Wildman–Crippen MR) is 520 cm³/mol. The lowest BCUT2D eigenvalue weighted by Crippen LogP contribution is -2.67. The van der Waals surface area contributed by atoms with E-state index in [1.807, 2.05) is 91.0 Å². The molecule has 1 fully saturated rings. The van der Waals surface area contributed by atoms with Crippen LogP contribution in [-0.2, 0) is 181 Å². The number of benzene rings is 10. The molecule has 0 bridgehead atoms. The van der Waals surface area contributed by atoms with Crippen LogP contribution in [0.15, 0.2) is 315 Å². The smallest absolute Gasteiger partial charge is 0.462 e. The van der Waals surface area contributed by atoms with Crippen LogP contribution in [0.25, 0.3) is 0 Å². The molecule has 27 nitrogen and oxygen atoms in total. The van der Waals surface area contributed by atoms with E-state index < -0.39 is 165 Å². The Hall–Kier alpha value is -9.57. The van der Waals surface area contributed by atoms with Crippen LogP contribution < -0.4 is 5.32 Å². The molecule has 0 radical (unpaired) electrons. The fourth-order valence-corrected chi connectivity index (χ4v) is 19.9. The number of phosphoric acid groups is 4. The number of hydrogen-bond acceptors (Lipinski definition) is 26. The van der Waals surface area contributed by atoms with Gasteiger partial charge in [0.1, 0.15) is 63.4 Å². The molecule has 10 aromatic rings. The molecule has 1 amide bonds. The number of esters is 2. The van der Waals surface area contributed by atoms with E-state index in [0.29, 0.717) is 82.2 Å². The first kappa shape index (κ1) is 108. The zero-order valence-electron chi connectivity index (χ0n) is 77.8. The minimum absolute atomic E-state index is 0.0661. The van der Waals surface area contributed by atoms with Gasteiger partial charge in [-0.25, -0.2) is 23.1 Å². The summed E-state index contributed by atoms with van der Waals surface area (Å²) in [5, 5.41) is 2.75. The predicted octanol–water partition coefficient (Wildman–Crippen LogP) is 25.6. The average Bonchev–Trinajstić information content (AvgIpc) is 0.739. The van der Waals surface area contributed by atoms with Crippen molar-refractivity contribution >= 4 is 49.3 Å². The summed E-state index contributed by atoms with van der Waals surface area (Å²) in [5.41, 5.74) is 5.54. The summed E-state index contributed by atoms with van der Waals surface area (Å²) in [5.74, 6) is -1.39. The second-order valence-corrected chi connectivity index (χ2v) is 39.3. The molecule has 10 aromatic carbocycles. The quantitative estimate of drug-likeness (QED) is 0.00924. The third-order valence-corrected chi connectivity index (χ3v) is 27.4. The van der Waals surface area contributed by atoms with Crippen LogP contribution in [0.5, 0.6) is 0 Å². The highest BCUT2D eigenvalue weighted by molar-refractivity contribution is 7.49. The Labute approximate surface area is 805 Å². The Kier molecular flexibility index (Phi) is 48.6. The Balaban J connectivity index is 1.03. The Morgan fingerprint density at radius 1 is 0.285 bits per heavy atom. The number of carbonyl (C=O) groups excluding carboxylic acids is 3. The van der Waals surface area contributed by atoms with Gasteiger partial charge in [0.2, 0.25) is 0 Å². The number of allylic oxidation sites excluding steroid dienone is 2. The van der Waals surface area contributed by atoms with Gasteiger partial charge in [0.15, 0.2) is 6.10 Å². The first-order chi connectivity index (χ1) is 67.1. The van der Waals surface area contributed by atoms with E-state index in [4.69, 9.17) is 87.4 Å². The van der Waals surface area contributed by atoms with Gasteiger partial charge in [-0.3, -0.25) is 63.9 Å². The van der Waals surface area contributed by atoms with Crippen LogP contribution in [0.1, 0.15) is 178 Å². The number of carbonyl (C=O) groups is 3. The number of rotatable bonds is 68. The van der Waals surface area contributed by atoms with Crippen LogP contribution in [0.4, 0.5) is 4.79 Å². The molecule has 31 heteroatoms. The van der Waals surface area contributed by atoms with Gasteiger partial charge in [-0.15, -0.1) is 0 Å². The van der Waals surface area contributed by atoms with Gasteiger partial charge in [-0.1, -0.05) is 380 Å². The van der Waals surface area contributed by atoms with Crippen molar-refractivity contribution in [1.82, 2.24) is 5.32 Å². The Morgan fingerprint density at radius 2 is 0.547 bits per heavy atom. The molecule has 11 rings (SSSR count). The second kappa shape index (κ2) is 61.8. The van der Waals surface area contributed by atoms with Crippen molar-refractivity contribution in [3.05, 3.63) is 371 Å². The van der Waals surface area contributed by atoms with Crippen LogP contribution in [0, 0.1) is 0 Å². The minimum Gasteiger partial charge on any atom is -0.462 e. The van der Waals surface area contributed by atoms with Crippen molar-refractivity contribution < 1.29 is 120 Å². The first-order valence-corrected chi connectivity index (χ1v) is 52.9. The molecule has 0 aromatic heterocycles. The summed E-state index contributed by atoms with van der Waals surface area (Å²) in [4.78, 5) is 41.1. The normalized spacial score (nSPS) is 16.4. The third-order valence-electron chi connectivity index (χ3n) is 21.8. The average molecular weight is 1960 g/mol. The molecule has 137 heavy (non-hydrogen) atoms. The minimum atomic E-state index is -5.61. The molecule has 0 aliphatic heterocycles. The van der Waals surface area contributed by atoms with Gasteiger partial charge in [-0.2, -0.15) is 0 Å². The number of phosphoric ester groups is 4. The maximum absolute atomic E-state index is 17.3. The molecule has 1 saturated carbocycles. The largest absolute Gasteiger partial charge is 0.475 e. The van der Waals surface area contributed by atoms with Crippen molar-refractivity contribution in [1.29, 1.82) is 0 Å². The number of amides is 1. The molecule has 0 spiro atoms. The molecule has 1 aliphatic rings. The Bertz CT molecular complexity index is 4910. The lowest BCUT2D eigenvalue weighted by atomic mass is 9.84. The van der Waals surface area contributed by atoms with E-state index in [1.54, 1.807) is 212 Å². The van der Waals surface area contributed by atoms with Gasteiger partial charge < -0.3 is 38.5 Å². The molecule has 0 heterocycles. The van der Waals surface area contributed by atoms with Gasteiger partial charge in [0.05, 0.1) is 66.1 Å². The van der Waals surface area contributed by atoms with Crippen LogP contribution >= 0.6 is 31.3 Å². The van der Waals surface area contributed by atoms with Gasteiger partial charge in [0, 0.05) is 19.4 Å². The van der Waals surface area contributed by atoms with E-state index in [9.17, 15) is 14.4 Å². The summed E-state index contributed by atoms with van der Waals surface area (Å²) < 4.78 is 194. The molecular weight excluding hydrogens is 1830 g/mol. The summed E-state index contributed by atoms with van der Waals surface area (Å²) in [6.07, 6.45) is 3.40. The van der Waals surface area contributed by atoms with E-state index in [-0.39, 0.29) is 39.2 Å². The van der Waals surface area contributed by atoms with Crippen LogP contribution in [-0.4, -0.2) is 94.1 Å². The van der Waals surface area contributed by atoms with Crippen molar-refractivity contribution in [2.24, 2.45) is 0 Å². The van der Waals surface area contributed by atoms with Crippen molar-refractivity contribution in [3.8, 4) is 0 Å². The molecule has 8 atom stereocenters. The maximum Gasteiger partial charge on any atom is 0.475 e. The zero-order chi connectivity index (χ0) is 95.8. The second-order valence-electron chi connectivity index (χ2n) is 32.8. The summed E-state index contributed by atoms with van der Waals surface area (Å²) >= 11 is 0. The summed E-state index contributed by atoms with van der Waals surface area (Å²) in [7, 11) is -21.8. The topological polar surface area (TPSA) is 307 Å². The summed E-state index contributed by atoms with van der Waals surface area (Å²) in [6.45, 7) is -4.01. The molecule has 3 unspecified atom stereocenters. The van der Waals surface area contributed by atoms with Crippen molar-refractivity contribution in [3.63, 3.8) is 0 Å². The number of alkyl carbamates (subject to hydrolysis) is 1. The molecular formula is C106H129NO26P4. The van der Waals surface area contributed by atoms with Crippen molar-refractivity contribution in [2.75, 3.05) is 33.3 Å². The van der Waals surface area contributed by atoms with Crippen LogP contribution in [0.2, 0.25) is 0 Å². The van der Waals surface area contributed by atoms with E-state index in [0.717, 1.165) is 37.7 Å². The lowest BCUT2D eigenvalue weighted by Gasteiger charge is -2.49. The standard InChI is InChI=1S/C106H129NO26P4/c1-2-3-4-5-6-7-8-9-10-11-12-13-14-15-47-71-99(109)129-97(83-117-98(108)70-48-26-49-72-107-106(110)118-75-89-54-31-18-32-55-89)84-128-137(114,127-82-96-68-45-25-46-69-96)130-102-100(119-85-115-73-87-50-27-16-28-51-87)103(131-134(111,121-76-90-56-33-19-34-57-90)122-77-91-58-35-20-36-59-91)105(133-136(113,125-80-94-64-41-23-42-65-94)126-81-95-66-43-24-44-67-95)104(101(102)120-86-116-74-88-52-29-17-30-53-88)132-135(112,123-78-92-60-37-21-38-61-92)124-79-93-62-39-22-40-63-93/h9-10,16-25,27-46,50-69,97,100-105H,2-8,11-15,26,47-49,70-86H2,1H3,(H,107,110)/b10-9+/t97-,100-,101-,102?,103-,104+,105?,137?/m0/s1. The van der Waals surface area contributed by atoms with E-state index >= 15 is 18.3 Å². The fraction of sp³-hybridized carbons (Fsp3) is 0.387. The van der Waals surface area contributed by atoms with E-state index in [2.05, 4.69) is 24.4 Å². The highest BCUT2D eigenvalue weighted by Gasteiger charge is 2.63. The highest BCUT2D eigenvalue weighted by Crippen LogP contribution is 2.63. The molecule has 1 N–H and O–H groups in total. The number of hydrogen-bond donors (Lipinski definition) is 1. The lowest BCUT2D eigenvalue weighted by molar-refractivity contribution is -0.264.